The van der Waals surface area contributed by atoms with Gasteiger partial charge in [0.15, 0.2) is 0 Å². The number of hydrogen-bond donors (Lipinski definition) is 0. The number of halogens is 2. The van der Waals surface area contributed by atoms with E-state index in [2.05, 4.69) is 0 Å². The highest BCUT2D eigenvalue weighted by molar-refractivity contribution is 6.72. The van der Waals surface area contributed by atoms with Crippen LogP contribution in [0.5, 0.6) is 0 Å². The van der Waals surface area contributed by atoms with Gasteiger partial charge in [-0.2, -0.15) is 0 Å². The normalized spacial score (nSPS) is 29.5. The third kappa shape index (κ3) is 3.78. The van der Waals surface area contributed by atoms with Crippen molar-refractivity contribution in [1.82, 2.24) is 0 Å². The van der Waals surface area contributed by atoms with Gasteiger partial charge in [-0.15, -0.1) is 0 Å². The molecule has 0 aliphatic heterocycles. The summed E-state index contributed by atoms with van der Waals surface area (Å²) in [6.07, 6.45) is -1.27. The van der Waals surface area contributed by atoms with Gasteiger partial charge in [0, 0.05) is 32.0 Å². The van der Waals surface area contributed by atoms with Crippen molar-refractivity contribution < 1.29 is 26.2 Å². The highest BCUT2D eigenvalue weighted by atomic mass is 28.4. The average molecular weight is 357 g/mol. The monoisotopic (exact) mass is 356 g/mol. The minimum atomic E-state index is -4.10. The third-order valence-corrected chi connectivity index (χ3v) is 11.3. The third-order valence-electron chi connectivity index (χ3n) is 4.35. The van der Waals surface area contributed by atoms with Crippen molar-refractivity contribution in [3.63, 3.8) is 0 Å². The molecule has 8 heteroatoms. The van der Waals surface area contributed by atoms with E-state index in [1.54, 1.807) is 20.8 Å². The first-order chi connectivity index (χ1) is 10.3. The van der Waals surface area contributed by atoms with Gasteiger partial charge in [0.2, 0.25) is 0 Å². The van der Waals surface area contributed by atoms with Gasteiger partial charge in [-0.05, 0) is 40.2 Å². The lowest BCUT2D eigenvalue weighted by molar-refractivity contribution is 0.0267. The van der Waals surface area contributed by atoms with Crippen LogP contribution in [0.1, 0.15) is 34.6 Å². The smallest absolute Gasteiger partial charge is 0.394 e. The van der Waals surface area contributed by atoms with Crippen LogP contribution in [0.2, 0.25) is 17.6 Å². The summed E-state index contributed by atoms with van der Waals surface area (Å²) in [6.45, 7) is 12.1. The molecule has 0 aromatic rings. The van der Waals surface area contributed by atoms with Gasteiger partial charge in [0.1, 0.15) is 6.17 Å². The van der Waals surface area contributed by atoms with E-state index < -0.39 is 29.2 Å². The molecule has 1 fully saturated rings. The summed E-state index contributed by atoms with van der Waals surface area (Å²) in [5.74, 6) is -0.302. The lowest BCUT2D eigenvalue weighted by atomic mass is 9.83. The van der Waals surface area contributed by atoms with Crippen molar-refractivity contribution >= 4 is 17.5 Å². The van der Waals surface area contributed by atoms with Crippen molar-refractivity contribution in [3.05, 3.63) is 0 Å². The van der Waals surface area contributed by atoms with Crippen LogP contribution in [0, 0.1) is 5.92 Å². The van der Waals surface area contributed by atoms with E-state index in [1.165, 1.54) is 0 Å². The SMILES string of the molecule is CCO[Si](C)(OCC)C1C(C)C(F)C1[Si](F)(OCC)OCC. The van der Waals surface area contributed by atoms with E-state index >= 15 is 4.11 Å². The Hall–Kier alpha value is 0.134. The highest BCUT2D eigenvalue weighted by Crippen LogP contribution is 2.61. The van der Waals surface area contributed by atoms with Crippen molar-refractivity contribution in [2.24, 2.45) is 5.92 Å². The fourth-order valence-electron chi connectivity index (χ4n) is 3.55. The van der Waals surface area contributed by atoms with Crippen LogP contribution in [0.4, 0.5) is 8.50 Å². The van der Waals surface area contributed by atoms with Crippen LogP contribution in [0.25, 0.3) is 0 Å². The summed E-state index contributed by atoms with van der Waals surface area (Å²) in [6, 6.07) is 0. The standard InChI is InChI=1S/C14H30F2O4Si2/c1-7-17-21(6,18-8-2)13-11(5)12(15)14(13)22(16,19-9-3)20-10-4/h11-14H,7-10H2,1-6H3. The molecule has 4 atom stereocenters. The molecule has 0 aromatic carbocycles. The zero-order chi connectivity index (χ0) is 17.0. The van der Waals surface area contributed by atoms with Gasteiger partial charge in [-0.25, -0.2) is 8.50 Å². The molecule has 0 amide bonds. The van der Waals surface area contributed by atoms with Gasteiger partial charge in [0.25, 0.3) is 0 Å². The van der Waals surface area contributed by atoms with Crippen LogP contribution < -0.4 is 0 Å². The average Bonchev–Trinajstić information content (AvgIpc) is 2.44. The van der Waals surface area contributed by atoms with Gasteiger partial charge < -0.3 is 17.7 Å². The quantitative estimate of drug-likeness (QED) is 0.440. The minimum Gasteiger partial charge on any atom is -0.394 e. The largest absolute Gasteiger partial charge is 0.546 e. The Bertz CT molecular complexity index is 305. The zero-order valence-electron chi connectivity index (χ0n) is 14.5. The summed E-state index contributed by atoms with van der Waals surface area (Å²) >= 11 is 0. The molecule has 0 heterocycles. The molecule has 0 radical (unpaired) electrons. The Morgan fingerprint density at radius 2 is 1.23 bits per heavy atom. The molecule has 0 bridgehead atoms. The molecule has 4 unspecified atom stereocenters. The van der Waals surface area contributed by atoms with E-state index in [0.29, 0.717) is 13.2 Å². The molecule has 132 valence electrons. The Morgan fingerprint density at radius 1 is 0.818 bits per heavy atom. The van der Waals surface area contributed by atoms with Crippen LogP contribution in [0.15, 0.2) is 0 Å². The first kappa shape index (κ1) is 20.2. The molecule has 1 aliphatic carbocycles. The number of alkyl halides is 1. The second-order valence-electron chi connectivity index (χ2n) is 5.69. The van der Waals surface area contributed by atoms with Gasteiger partial charge in [-0.3, -0.25) is 0 Å². The van der Waals surface area contributed by atoms with Crippen LogP contribution in [0.3, 0.4) is 0 Å². The van der Waals surface area contributed by atoms with Crippen molar-refractivity contribution in [1.29, 1.82) is 0 Å². The van der Waals surface area contributed by atoms with Crippen molar-refractivity contribution in [2.75, 3.05) is 26.4 Å². The maximum absolute atomic E-state index is 15.3. The maximum Gasteiger partial charge on any atom is 0.546 e. The Kier molecular flexibility index (Phi) is 7.61. The molecular weight excluding hydrogens is 326 g/mol. The second-order valence-corrected chi connectivity index (χ2v) is 11.4. The van der Waals surface area contributed by atoms with Crippen LogP contribution in [-0.2, 0) is 17.7 Å². The lowest BCUT2D eigenvalue weighted by Gasteiger charge is -2.54. The van der Waals surface area contributed by atoms with E-state index in [1.807, 2.05) is 20.4 Å². The van der Waals surface area contributed by atoms with Gasteiger partial charge >= 0.3 is 17.5 Å². The molecule has 1 saturated carbocycles. The molecule has 0 spiro atoms. The predicted octanol–water partition coefficient (Wildman–Crippen LogP) is 3.84. The number of hydrogen-bond acceptors (Lipinski definition) is 4. The molecule has 1 rings (SSSR count). The minimum absolute atomic E-state index is 0.175. The fourth-order valence-corrected chi connectivity index (χ4v) is 11.3. The summed E-state index contributed by atoms with van der Waals surface area (Å²) in [5.41, 5.74) is -1.17. The maximum atomic E-state index is 15.3. The Labute approximate surface area is 135 Å². The Balaban J connectivity index is 3.09. The number of rotatable bonds is 10. The van der Waals surface area contributed by atoms with Crippen LogP contribution in [-0.4, -0.2) is 50.1 Å². The highest BCUT2D eigenvalue weighted by Gasteiger charge is 2.71. The van der Waals surface area contributed by atoms with Gasteiger partial charge in [0.05, 0.1) is 5.54 Å². The van der Waals surface area contributed by atoms with Crippen molar-refractivity contribution in [2.45, 2.75) is 58.4 Å². The summed E-state index contributed by atoms with van der Waals surface area (Å²) in [5, 5.41) is 0. The lowest BCUT2D eigenvalue weighted by Crippen LogP contribution is -2.64. The molecule has 1 aliphatic rings. The Morgan fingerprint density at radius 3 is 1.59 bits per heavy atom. The second kappa shape index (κ2) is 8.30. The topological polar surface area (TPSA) is 36.9 Å². The molecular formula is C14H30F2O4Si2. The van der Waals surface area contributed by atoms with Gasteiger partial charge in [-0.1, -0.05) is 6.92 Å². The summed E-state index contributed by atoms with van der Waals surface area (Å²) in [7, 11) is -6.81. The van der Waals surface area contributed by atoms with E-state index in [4.69, 9.17) is 17.7 Å². The van der Waals surface area contributed by atoms with Crippen LogP contribution >= 0.6 is 0 Å². The molecule has 4 nitrogen and oxygen atoms in total. The summed E-state index contributed by atoms with van der Waals surface area (Å²) in [4.78, 5) is 0. The summed E-state index contributed by atoms with van der Waals surface area (Å²) < 4.78 is 52.1. The van der Waals surface area contributed by atoms with E-state index in [9.17, 15) is 4.39 Å². The first-order valence-electron chi connectivity index (χ1n) is 8.19. The molecule has 22 heavy (non-hydrogen) atoms. The van der Waals surface area contributed by atoms with E-state index in [-0.39, 0.29) is 24.7 Å². The first-order valence-corrected chi connectivity index (χ1v) is 12.4. The molecule has 0 N–H and O–H groups in total. The zero-order valence-corrected chi connectivity index (χ0v) is 16.5. The fraction of sp³-hybridized carbons (Fsp3) is 1.00. The van der Waals surface area contributed by atoms with E-state index in [0.717, 1.165) is 0 Å². The van der Waals surface area contributed by atoms with Crippen molar-refractivity contribution in [3.8, 4) is 0 Å². The molecule has 0 saturated heterocycles. The predicted molar refractivity (Wildman–Crippen MR) is 86.5 cm³/mol. The molecule has 0 aromatic heterocycles.